The zero-order valence-corrected chi connectivity index (χ0v) is 14.3. The van der Waals surface area contributed by atoms with Crippen LogP contribution in [0.25, 0.3) is 0 Å². The topological polar surface area (TPSA) is 82.6 Å². The van der Waals surface area contributed by atoms with Gasteiger partial charge in [0, 0.05) is 24.5 Å². The van der Waals surface area contributed by atoms with E-state index in [1.807, 2.05) is 0 Å². The van der Waals surface area contributed by atoms with E-state index in [0.29, 0.717) is 29.6 Å². The molecule has 1 amide bonds. The first kappa shape index (κ1) is 17.2. The summed E-state index contributed by atoms with van der Waals surface area (Å²) in [5.41, 5.74) is 0.520. The number of carbonyl (C=O) groups excluding carboxylic acids is 1. The summed E-state index contributed by atoms with van der Waals surface area (Å²) in [7, 11) is 1.52. The fraction of sp³-hybridized carbons (Fsp3) is 0.389. The number of rotatable bonds is 7. The third-order valence-corrected chi connectivity index (χ3v) is 4.29. The van der Waals surface area contributed by atoms with Gasteiger partial charge in [-0.15, -0.1) is 0 Å². The van der Waals surface area contributed by atoms with Crippen LogP contribution in [-0.4, -0.2) is 42.8 Å². The number of nitrogens with one attached hydrogen (secondary N) is 1. The van der Waals surface area contributed by atoms with Crippen LogP contribution < -0.4 is 14.8 Å². The van der Waals surface area contributed by atoms with Crippen molar-refractivity contribution in [2.45, 2.75) is 13.3 Å². The molecule has 3 heterocycles. The van der Waals surface area contributed by atoms with Crippen LogP contribution in [0.15, 0.2) is 36.7 Å². The summed E-state index contributed by atoms with van der Waals surface area (Å²) in [6.07, 6.45) is 4.06. The first-order valence-corrected chi connectivity index (χ1v) is 8.12. The third-order valence-electron chi connectivity index (χ3n) is 4.29. The maximum absolute atomic E-state index is 12.3. The maximum Gasteiger partial charge on any atom is 0.258 e. The van der Waals surface area contributed by atoms with Crippen LogP contribution in [0.2, 0.25) is 0 Å². The lowest BCUT2D eigenvalue weighted by Crippen LogP contribution is -2.46. The summed E-state index contributed by atoms with van der Waals surface area (Å²) in [5.74, 6) is 1.25. The molecule has 0 radical (unpaired) electrons. The Bertz CT molecular complexity index is 724. The normalized spacial score (nSPS) is 15.1. The molecule has 1 saturated heterocycles. The molecule has 0 aromatic carbocycles. The van der Waals surface area contributed by atoms with Gasteiger partial charge in [0.2, 0.25) is 5.88 Å². The number of nitrogens with zero attached hydrogens (tertiary/aromatic N) is 2. The van der Waals surface area contributed by atoms with Gasteiger partial charge in [0.15, 0.2) is 0 Å². The molecular weight excluding hydrogens is 322 g/mol. The number of pyridine rings is 2. The molecule has 2 aromatic rings. The lowest BCUT2D eigenvalue weighted by atomic mass is 9.84. The first-order chi connectivity index (χ1) is 12.1. The molecule has 132 valence electrons. The van der Waals surface area contributed by atoms with Gasteiger partial charge in [-0.2, -0.15) is 0 Å². The van der Waals surface area contributed by atoms with Gasteiger partial charge in [-0.1, -0.05) is 6.92 Å². The van der Waals surface area contributed by atoms with Crippen molar-refractivity contribution in [2.75, 3.05) is 32.2 Å². The van der Waals surface area contributed by atoms with Gasteiger partial charge < -0.3 is 19.5 Å². The van der Waals surface area contributed by atoms with E-state index < -0.39 is 0 Å². The van der Waals surface area contributed by atoms with E-state index in [-0.39, 0.29) is 11.3 Å². The number of amides is 1. The van der Waals surface area contributed by atoms with E-state index in [1.165, 1.54) is 13.3 Å². The van der Waals surface area contributed by atoms with Crippen LogP contribution in [0, 0.1) is 5.41 Å². The Morgan fingerprint density at radius 2 is 2.16 bits per heavy atom. The second-order valence-electron chi connectivity index (χ2n) is 6.06. The Hall–Kier alpha value is -2.67. The van der Waals surface area contributed by atoms with Crippen molar-refractivity contribution in [1.29, 1.82) is 0 Å². The zero-order chi connectivity index (χ0) is 17.7. The molecule has 1 aliphatic rings. The summed E-state index contributed by atoms with van der Waals surface area (Å²) in [6, 6.07) is 6.75. The van der Waals surface area contributed by atoms with Gasteiger partial charge in [0.05, 0.1) is 37.9 Å². The monoisotopic (exact) mass is 343 g/mol. The highest BCUT2D eigenvalue weighted by Gasteiger charge is 2.37. The molecule has 0 bridgehead atoms. The van der Waals surface area contributed by atoms with Gasteiger partial charge >= 0.3 is 0 Å². The van der Waals surface area contributed by atoms with Crippen molar-refractivity contribution in [2.24, 2.45) is 5.41 Å². The number of methoxy groups -OCH3 is 1. The van der Waals surface area contributed by atoms with E-state index in [4.69, 9.17) is 14.2 Å². The molecule has 1 N–H and O–H groups in total. The quantitative estimate of drug-likeness (QED) is 0.832. The van der Waals surface area contributed by atoms with Crippen molar-refractivity contribution in [3.8, 4) is 11.6 Å². The smallest absolute Gasteiger partial charge is 0.258 e. The lowest BCUT2D eigenvalue weighted by molar-refractivity contribution is -0.133. The van der Waals surface area contributed by atoms with Crippen molar-refractivity contribution in [3.63, 3.8) is 0 Å². The van der Waals surface area contributed by atoms with Crippen LogP contribution in [0.3, 0.4) is 0 Å². The summed E-state index contributed by atoms with van der Waals surface area (Å²) in [4.78, 5) is 20.4. The fourth-order valence-corrected chi connectivity index (χ4v) is 2.41. The molecule has 0 spiro atoms. The molecule has 1 aliphatic heterocycles. The van der Waals surface area contributed by atoms with E-state index in [9.17, 15) is 4.79 Å². The third kappa shape index (κ3) is 4.06. The Balaban J connectivity index is 1.61. The van der Waals surface area contributed by atoms with Gasteiger partial charge in [0.1, 0.15) is 11.6 Å². The summed E-state index contributed by atoms with van der Waals surface area (Å²) >= 11 is 0. The van der Waals surface area contributed by atoms with Crippen LogP contribution in [0.5, 0.6) is 11.6 Å². The highest BCUT2D eigenvalue weighted by molar-refractivity contribution is 6.03. The van der Waals surface area contributed by atoms with Crippen molar-refractivity contribution >= 4 is 11.7 Å². The van der Waals surface area contributed by atoms with E-state index in [1.54, 1.807) is 30.5 Å². The number of hydrogen-bond donors (Lipinski definition) is 1. The molecule has 0 aliphatic carbocycles. The van der Waals surface area contributed by atoms with Crippen LogP contribution in [-0.2, 0) is 4.74 Å². The molecule has 25 heavy (non-hydrogen) atoms. The lowest BCUT2D eigenvalue weighted by Gasteiger charge is -2.40. The molecule has 0 unspecified atom stereocenters. The summed E-state index contributed by atoms with van der Waals surface area (Å²) < 4.78 is 16.1. The van der Waals surface area contributed by atoms with E-state index in [0.717, 1.165) is 19.6 Å². The summed E-state index contributed by atoms with van der Waals surface area (Å²) in [5, 5.41) is 2.74. The van der Waals surface area contributed by atoms with Gasteiger partial charge in [0.25, 0.3) is 5.91 Å². The Labute approximate surface area is 146 Å². The van der Waals surface area contributed by atoms with Crippen LogP contribution in [0.4, 0.5) is 5.82 Å². The summed E-state index contributed by atoms with van der Waals surface area (Å²) in [6.45, 7) is 4.17. The van der Waals surface area contributed by atoms with Crippen LogP contribution in [0.1, 0.15) is 23.7 Å². The molecular formula is C18H21N3O4. The minimum Gasteiger partial charge on any atom is -0.493 e. The highest BCUT2D eigenvalue weighted by Crippen LogP contribution is 2.32. The Morgan fingerprint density at radius 3 is 2.76 bits per heavy atom. The average Bonchev–Trinajstić information content (AvgIpc) is 2.61. The molecule has 7 heteroatoms. The second kappa shape index (κ2) is 7.48. The Morgan fingerprint density at radius 1 is 1.32 bits per heavy atom. The van der Waals surface area contributed by atoms with E-state index >= 15 is 0 Å². The number of carbonyl (C=O) groups is 1. The van der Waals surface area contributed by atoms with Gasteiger partial charge in [-0.25, -0.2) is 9.97 Å². The van der Waals surface area contributed by atoms with Crippen molar-refractivity contribution in [1.82, 2.24) is 9.97 Å². The van der Waals surface area contributed by atoms with Gasteiger partial charge in [-0.05, 0) is 18.6 Å². The van der Waals surface area contributed by atoms with Crippen molar-refractivity contribution in [3.05, 3.63) is 42.2 Å². The number of ether oxygens (including phenoxy) is 3. The predicted octanol–water partition coefficient (Wildman–Crippen LogP) is 2.54. The van der Waals surface area contributed by atoms with Gasteiger partial charge in [-0.3, -0.25) is 4.79 Å². The maximum atomic E-state index is 12.3. The SMILES string of the molecule is CCC1(COc2ccnc(NC(=O)c3ccc(OC)nc3)c2)COC1. The molecule has 3 rings (SSSR count). The molecule has 1 fully saturated rings. The molecule has 2 aromatic heterocycles. The molecule has 7 nitrogen and oxygen atoms in total. The number of anilines is 1. The predicted molar refractivity (Wildman–Crippen MR) is 92.0 cm³/mol. The second-order valence-corrected chi connectivity index (χ2v) is 6.06. The standard InChI is InChI=1S/C18H21N3O4/c1-3-18(10-24-11-18)12-25-14-6-7-19-15(8-14)21-17(22)13-4-5-16(23-2)20-9-13/h4-9H,3,10-12H2,1-2H3,(H,19,21,22). The first-order valence-electron chi connectivity index (χ1n) is 8.12. The zero-order valence-electron chi connectivity index (χ0n) is 14.3. The largest absolute Gasteiger partial charge is 0.493 e. The van der Waals surface area contributed by atoms with Crippen molar-refractivity contribution < 1.29 is 19.0 Å². The molecule has 0 saturated carbocycles. The molecule has 0 atom stereocenters. The Kier molecular flexibility index (Phi) is 5.14. The van der Waals surface area contributed by atoms with E-state index in [2.05, 4.69) is 22.2 Å². The number of aromatic nitrogens is 2. The minimum atomic E-state index is -0.294. The fourth-order valence-electron chi connectivity index (χ4n) is 2.41. The minimum absolute atomic E-state index is 0.0987. The highest BCUT2D eigenvalue weighted by atomic mass is 16.5. The number of hydrogen-bond acceptors (Lipinski definition) is 6. The average molecular weight is 343 g/mol. The van der Waals surface area contributed by atoms with Crippen LogP contribution >= 0.6 is 0 Å².